The van der Waals surface area contributed by atoms with E-state index in [-0.39, 0.29) is 57.3 Å². The molecule has 0 aliphatic rings. The fraction of sp³-hybridized carbons (Fsp3) is 0. The molecule has 0 atom stereocenters. The van der Waals surface area contributed by atoms with E-state index >= 15 is 0 Å². The summed E-state index contributed by atoms with van der Waals surface area (Å²) >= 11 is 0. The Bertz CT molecular complexity index is 343. The van der Waals surface area contributed by atoms with Crippen LogP contribution in [-0.4, -0.2) is 69.9 Å². The van der Waals surface area contributed by atoms with Gasteiger partial charge in [-0.3, -0.25) is 25.3 Å². The van der Waals surface area contributed by atoms with Crippen molar-refractivity contribution in [1.82, 2.24) is 0 Å². The standard InChI is InChI=1S/Al.Gd.3H2O4S/c;;3*1-5(2,3)4/h;;3*(H2,1,2,3,4)/q2*+3;;;/p-6. The van der Waals surface area contributed by atoms with Gasteiger partial charge in [0.25, 0.3) is 0 Å². The van der Waals surface area contributed by atoms with Gasteiger partial charge in [0.2, 0.25) is 0 Å². The van der Waals surface area contributed by atoms with E-state index in [4.69, 9.17) is 52.6 Å². The number of hydrogen-bond donors (Lipinski definition) is 0. The summed E-state index contributed by atoms with van der Waals surface area (Å²) in [5, 5.41) is 0. The second kappa shape index (κ2) is 12.5. The largest absolute Gasteiger partial charge is 3.00 e. The molecule has 0 rings (SSSR count). The minimum absolute atomic E-state index is 0. The van der Waals surface area contributed by atoms with Crippen LogP contribution in [0.15, 0.2) is 0 Å². The second-order valence-corrected chi connectivity index (χ2v) is 3.67. The SMILES string of the molecule is O=S(=O)([O-])[O-].O=S(=O)([O-])[O-].O=S(=O)([O-])[O-].[Al+3].[Gd+3]. The van der Waals surface area contributed by atoms with Gasteiger partial charge in [-0.2, -0.15) is 0 Å². The van der Waals surface area contributed by atoms with Gasteiger partial charge >= 0.3 is 57.3 Å². The first kappa shape index (κ1) is 31.1. The molecule has 0 saturated carbocycles. The second-order valence-electron chi connectivity index (χ2n) is 1.22. The molecule has 17 heavy (non-hydrogen) atoms. The van der Waals surface area contributed by atoms with Gasteiger partial charge in [0.05, 0.1) is 0 Å². The quantitative estimate of drug-likeness (QED) is 0.184. The molecule has 0 N–H and O–H groups in total. The summed E-state index contributed by atoms with van der Waals surface area (Å²) in [6.07, 6.45) is 0. The Morgan fingerprint density at radius 2 is 0.471 bits per heavy atom. The Kier molecular flexibility index (Phi) is 22.8. The van der Waals surface area contributed by atoms with E-state index in [0.717, 1.165) is 0 Å². The van der Waals surface area contributed by atoms with Crippen molar-refractivity contribution in [2.75, 3.05) is 0 Å². The van der Waals surface area contributed by atoms with E-state index in [0.29, 0.717) is 0 Å². The monoisotopic (exact) mass is 473 g/mol. The predicted molar refractivity (Wildman–Crippen MR) is 37.2 cm³/mol. The van der Waals surface area contributed by atoms with Crippen molar-refractivity contribution in [2.24, 2.45) is 0 Å². The van der Waals surface area contributed by atoms with E-state index in [2.05, 4.69) is 0 Å². The van der Waals surface area contributed by atoms with Crippen LogP contribution >= 0.6 is 0 Å². The zero-order valence-electron chi connectivity index (χ0n) is 7.05. The first-order chi connectivity index (χ1) is 6.00. The molecule has 0 saturated heterocycles. The van der Waals surface area contributed by atoms with E-state index < -0.39 is 31.2 Å². The zero-order valence-corrected chi connectivity index (χ0v) is 12.9. The van der Waals surface area contributed by atoms with Crippen molar-refractivity contribution in [3.8, 4) is 0 Å². The summed E-state index contributed by atoms with van der Waals surface area (Å²) in [7, 11) is -15.5. The van der Waals surface area contributed by atoms with Crippen molar-refractivity contribution in [2.45, 2.75) is 0 Å². The van der Waals surface area contributed by atoms with Crippen LogP contribution < -0.4 is 0 Å². The molecule has 101 valence electrons. The molecule has 17 heteroatoms. The van der Waals surface area contributed by atoms with Crippen molar-refractivity contribution in [1.29, 1.82) is 0 Å². The van der Waals surface area contributed by atoms with Crippen molar-refractivity contribution < 1.29 is 92.5 Å². The molecule has 0 unspecified atom stereocenters. The van der Waals surface area contributed by atoms with Gasteiger partial charge in [-0.15, -0.1) is 0 Å². The smallest absolute Gasteiger partial charge is 0.759 e. The van der Waals surface area contributed by atoms with Gasteiger partial charge in [-0.05, 0) is 0 Å². The molecule has 0 aromatic rings. The zero-order chi connectivity index (χ0) is 13.5. The number of hydrogen-bond acceptors (Lipinski definition) is 12. The predicted octanol–water partition coefficient (Wildman–Crippen LogP) is -4.39. The Balaban J connectivity index is -0.0000000400. The van der Waals surface area contributed by atoms with Crippen LogP contribution in [0, 0.1) is 39.9 Å². The Labute approximate surface area is 139 Å². The number of rotatable bonds is 0. The van der Waals surface area contributed by atoms with Crippen LogP contribution in [0.2, 0.25) is 0 Å². The average Bonchev–Trinajstić information content (AvgIpc) is 1.41. The maximum atomic E-state index is 8.52. The molecule has 0 spiro atoms. The Morgan fingerprint density at radius 1 is 0.471 bits per heavy atom. The minimum atomic E-state index is -5.17. The van der Waals surface area contributed by atoms with Crippen molar-refractivity contribution >= 4 is 48.6 Å². The Morgan fingerprint density at radius 3 is 0.471 bits per heavy atom. The van der Waals surface area contributed by atoms with E-state index in [1.54, 1.807) is 0 Å². The van der Waals surface area contributed by atoms with Gasteiger partial charge in [-0.1, -0.05) is 0 Å². The van der Waals surface area contributed by atoms with Crippen LogP contribution in [-0.2, 0) is 31.2 Å². The maximum absolute atomic E-state index is 8.52. The van der Waals surface area contributed by atoms with Crippen LogP contribution in [0.5, 0.6) is 0 Å². The summed E-state index contributed by atoms with van der Waals surface area (Å²) in [6.45, 7) is 0. The molecule has 0 heterocycles. The molecule has 1 radical (unpaired) electrons. The fourth-order valence-electron chi connectivity index (χ4n) is 0. The Hall–Kier alpha value is 1.47. The van der Waals surface area contributed by atoms with Crippen LogP contribution in [0.4, 0.5) is 0 Å². The third-order valence-electron chi connectivity index (χ3n) is 0. The molecule has 0 aromatic carbocycles. The molecule has 0 fully saturated rings. The van der Waals surface area contributed by atoms with E-state index in [1.807, 2.05) is 0 Å². The minimum Gasteiger partial charge on any atom is -0.759 e. The molecule has 0 bridgehead atoms. The topological polar surface area (TPSA) is 241 Å². The first-order valence-corrected chi connectivity index (χ1v) is 6.00. The molecule has 0 aromatic heterocycles. The molecule has 0 amide bonds. The van der Waals surface area contributed by atoms with Gasteiger partial charge in [-0.25, -0.2) is 0 Å². The van der Waals surface area contributed by atoms with E-state index in [1.165, 1.54) is 0 Å². The van der Waals surface area contributed by atoms with Gasteiger partial charge in [0.1, 0.15) is 0 Å². The van der Waals surface area contributed by atoms with Gasteiger partial charge in [0, 0.05) is 31.2 Å². The molecular weight excluding hydrogens is 472 g/mol. The average molecular weight is 472 g/mol. The van der Waals surface area contributed by atoms with Crippen LogP contribution in [0.25, 0.3) is 0 Å². The summed E-state index contributed by atoms with van der Waals surface area (Å²) < 4.78 is 102. The summed E-state index contributed by atoms with van der Waals surface area (Å²) in [5.74, 6) is 0. The third kappa shape index (κ3) is 1940. The summed E-state index contributed by atoms with van der Waals surface area (Å²) in [5.41, 5.74) is 0. The van der Waals surface area contributed by atoms with Crippen molar-refractivity contribution in [3.05, 3.63) is 0 Å². The molecule has 0 aliphatic heterocycles. The van der Waals surface area contributed by atoms with Crippen LogP contribution in [0.1, 0.15) is 0 Å². The van der Waals surface area contributed by atoms with Crippen LogP contribution in [0.3, 0.4) is 0 Å². The van der Waals surface area contributed by atoms with Gasteiger partial charge in [0.15, 0.2) is 0 Å². The third-order valence-corrected chi connectivity index (χ3v) is 0. The normalized spacial score (nSPS) is 10.2. The summed E-state index contributed by atoms with van der Waals surface area (Å²) in [4.78, 5) is 0. The van der Waals surface area contributed by atoms with E-state index in [9.17, 15) is 0 Å². The fourth-order valence-corrected chi connectivity index (χ4v) is 0. The first-order valence-electron chi connectivity index (χ1n) is 2.00. The molecule has 0 aliphatic carbocycles. The molecule has 12 nitrogen and oxygen atoms in total. The maximum Gasteiger partial charge on any atom is 3.00 e. The molecular formula is AlGdO12S3. The van der Waals surface area contributed by atoms with Gasteiger partial charge < -0.3 is 27.3 Å². The van der Waals surface area contributed by atoms with Crippen molar-refractivity contribution in [3.63, 3.8) is 0 Å². The summed E-state index contributed by atoms with van der Waals surface area (Å²) in [6, 6.07) is 0.